The van der Waals surface area contributed by atoms with E-state index in [0.29, 0.717) is 4.75 Å². The lowest BCUT2D eigenvalue weighted by Gasteiger charge is -2.24. The first-order valence-electron chi connectivity index (χ1n) is 7.04. The molecule has 1 aromatic heterocycles. The number of nitrogens with one attached hydrogen (secondary N) is 2. The van der Waals surface area contributed by atoms with E-state index in [-0.39, 0.29) is 0 Å². The quantitative estimate of drug-likeness (QED) is 0.663. The first-order valence-corrected chi connectivity index (χ1v) is 8.84. The van der Waals surface area contributed by atoms with Gasteiger partial charge >= 0.3 is 0 Å². The molecule has 2 N–H and O–H groups in total. The van der Waals surface area contributed by atoms with Gasteiger partial charge in [0, 0.05) is 23.2 Å². The van der Waals surface area contributed by atoms with Gasteiger partial charge < -0.3 is 10.6 Å². The van der Waals surface area contributed by atoms with Crippen LogP contribution in [0.2, 0.25) is 0 Å². The van der Waals surface area contributed by atoms with Crippen molar-refractivity contribution in [3.63, 3.8) is 0 Å². The molecule has 0 aliphatic carbocycles. The molecule has 1 saturated heterocycles. The Morgan fingerprint density at radius 1 is 1.40 bits per heavy atom. The second-order valence-corrected chi connectivity index (χ2v) is 8.39. The lowest BCUT2D eigenvalue weighted by atomic mass is 10.1. The Kier molecular flexibility index (Phi) is 5.32. The summed E-state index contributed by atoms with van der Waals surface area (Å²) in [4.78, 5) is 10.0. The van der Waals surface area contributed by atoms with Gasteiger partial charge in [-0.2, -0.15) is 11.8 Å². The third-order valence-electron chi connectivity index (χ3n) is 3.57. The largest absolute Gasteiger partial charge is 0.355 e. The highest BCUT2D eigenvalue weighted by atomic mass is 32.2. The Morgan fingerprint density at radius 2 is 2.20 bits per heavy atom. The molecule has 1 atom stereocenters. The Balaban J connectivity index is 1.82. The van der Waals surface area contributed by atoms with Crippen molar-refractivity contribution in [1.82, 2.24) is 15.6 Å². The highest BCUT2D eigenvalue weighted by molar-refractivity contribution is 8.00. The molecule has 1 aliphatic rings. The van der Waals surface area contributed by atoms with E-state index >= 15 is 0 Å². The molecule has 0 bridgehead atoms. The van der Waals surface area contributed by atoms with Crippen molar-refractivity contribution in [3.8, 4) is 0 Å². The molecule has 2 rings (SSSR count). The van der Waals surface area contributed by atoms with Gasteiger partial charge in [0.25, 0.3) is 0 Å². The van der Waals surface area contributed by atoms with E-state index in [0.717, 1.165) is 29.8 Å². The average molecular weight is 313 g/mol. The fourth-order valence-electron chi connectivity index (χ4n) is 2.37. The maximum absolute atomic E-state index is 4.45. The van der Waals surface area contributed by atoms with E-state index in [2.05, 4.69) is 46.2 Å². The maximum Gasteiger partial charge on any atom is 0.191 e. The van der Waals surface area contributed by atoms with Crippen LogP contribution in [-0.2, 0) is 6.54 Å². The van der Waals surface area contributed by atoms with Crippen molar-refractivity contribution in [2.45, 2.75) is 44.9 Å². The number of nitrogens with zero attached hydrogens (tertiary/aromatic N) is 2. The van der Waals surface area contributed by atoms with Gasteiger partial charge in [-0.05, 0) is 39.4 Å². The van der Waals surface area contributed by atoms with Crippen LogP contribution >= 0.6 is 23.1 Å². The summed E-state index contributed by atoms with van der Waals surface area (Å²) in [6.07, 6.45) is 2.61. The first kappa shape index (κ1) is 15.6. The van der Waals surface area contributed by atoms with Crippen LogP contribution in [0, 0.1) is 13.8 Å². The Bertz CT molecular complexity index is 476. The molecule has 2 heterocycles. The highest BCUT2D eigenvalue weighted by Gasteiger charge is 2.29. The first-order chi connectivity index (χ1) is 9.52. The Labute approximate surface area is 129 Å². The lowest BCUT2D eigenvalue weighted by molar-refractivity contribution is 0.584. The average Bonchev–Trinajstić information content (AvgIpc) is 2.97. The van der Waals surface area contributed by atoms with E-state index < -0.39 is 0 Å². The van der Waals surface area contributed by atoms with E-state index in [1.165, 1.54) is 23.5 Å². The number of thiazole rings is 1. The van der Waals surface area contributed by atoms with E-state index in [4.69, 9.17) is 0 Å². The second-order valence-electron chi connectivity index (χ2n) is 5.42. The number of aryl methyl sites for hydroxylation is 2. The van der Waals surface area contributed by atoms with Crippen LogP contribution in [0.15, 0.2) is 4.99 Å². The van der Waals surface area contributed by atoms with Crippen molar-refractivity contribution in [3.05, 3.63) is 15.6 Å². The molecule has 0 spiro atoms. The third-order valence-corrected chi connectivity index (χ3v) is 6.18. The Hall–Kier alpha value is -0.750. The molecule has 6 heteroatoms. The van der Waals surface area contributed by atoms with Gasteiger partial charge in [0.05, 0.1) is 17.2 Å². The van der Waals surface area contributed by atoms with Gasteiger partial charge in [0.1, 0.15) is 0 Å². The number of hydrogen-bond acceptors (Lipinski definition) is 4. The molecular formula is C14H24N4S2. The minimum absolute atomic E-state index is 0.356. The van der Waals surface area contributed by atoms with Crippen LogP contribution < -0.4 is 10.6 Å². The van der Waals surface area contributed by atoms with Gasteiger partial charge in [-0.15, -0.1) is 11.3 Å². The zero-order valence-electron chi connectivity index (χ0n) is 12.7. The third kappa shape index (κ3) is 4.12. The molecule has 112 valence electrons. The summed E-state index contributed by atoms with van der Waals surface area (Å²) >= 11 is 3.81. The van der Waals surface area contributed by atoms with Crippen LogP contribution in [0.25, 0.3) is 0 Å². The summed E-state index contributed by atoms with van der Waals surface area (Å²) in [6.45, 7) is 8.21. The van der Waals surface area contributed by atoms with Gasteiger partial charge in [-0.1, -0.05) is 0 Å². The fraction of sp³-hybridized carbons (Fsp3) is 0.714. The van der Waals surface area contributed by atoms with Crippen LogP contribution in [0.1, 0.15) is 35.3 Å². The number of aliphatic imine (C=N–C) groups is 1. The molecule has 1 fully saturated rings. The van der Waals surface area contributed by atoms with Crippen molar-refractivity contribution in [2.75, 3.05) is 19.3 Å². The molecule has 0 aromatic carbocycles. The number of hydrogen-bond donors (Lipinski definition) is 2. The summed E-state index contributed by atoms with van der Waals surface area (Å²) in [5.74, 6) is 2.16. The van der Waals surface area contributed by atoms with Crippen molar-refractivity contribution < 1.29 is 0 Å². The predicted molar refractivity (Wildman–Crippen MR) is 89.9 cm³/mol. The van der Waals surface area contributed by atoms with Gasteiger partial charge in [0.15, 0.2) is 5.96 Å². The monoisotopic (exact) mass is 312 g/mol. The van der Waals surface area contributed by atoms with Gasteiger partial charge in [0.2, 0.25) is 0 Å². The zero-order chi connectivity index (χ0) is 14.6. The summed E-state index contributed by atoms with van der Waals surface area (Å²) < 4.78 is 0.356. The topological polar surface area (TPSA) is 49.3 Å². The van der Waals surface area contributed by atoms with Crippen LogP contribution in [0.3, 0.4) is 0 Å². The fourth-order valence-corrected chi connectivity index (χ4v) is 4.49. The number of aromatic nitrogens is 1. The van der Waals surface area contributed by atoms with Gasteiger partial charge in [-0.3, -0.25) is 4.99 Å². The van der Waals surface area contributed by atoms with E-state index in [1.54, 1.807) is 11.3 Å². The molecule has 0 saturated carbocycles. The molecular weight excluding hydrogens is 288 g/mol. The Morgan fingerprint density at radius 3 is 2.75 bits per heavy atom. The second kappa shape index (κ2) is 6.80. The number of guanidine groups is 1. The smallest absolute Gasteiger partial charge is 0.191 e. The van der Waals surface area contributed by atoms with Crippen molar-refractivity contribution in [2.24, 2.45) is 4.99 Å². The van der Waals surface area contributed by atoms with Crippen LogP contribution in [0.5, 0.6) is 0 Å². The molecule has 20 heavy (non-hydrogen) atoms. The lowest BCUT2D eigenvalue weighted by Crippen LogP contribution is -2.43. The minimum atomic E-state index is 0.356. The molecule has 1 aliphatic heterocycles. The highest BCUT2D eigenvalue weighted by Crippen LogP contribution is 2.36. The van der Waals surface area contributed by atoms with E-state index in [9.17, 15) is 0 Å². The molecule has 0 radical (unpaired) electrons. The predicted octanol–water partition coefficient (Wildman–Crippen LogP) is 2.71. The SMILES string of the molecule is CN=C(NCc1sc(C)nc1C)NCC1(C)CCCS1. The summed E-state index contributed by atoms with van der Waals surface area (Å²) in [5.41, 5.74) is 1.12. The number of rotatable bonds is 4. The van der Waals surface area contributed by atoms with Gasteiger partial charge in [-0.25, -0.2) is 4.98 Å². The molecule has 0 amide bonds. The standard InChI is InChI=1S/C14H24N4S2/c1-10-12(20-11(2)18-10)8-16-13(15-4)17-9-14(3)6-5-7-19-14/h5-9H2,1-4H3,(H2,15,16,17). The summed E-state index contributed by atoms with van der Waals surface area (Å²) in [7, 11) is 1.82. The van der Waals surface area contributed by atoms with Crippen molar-refractivity contribution >= 4 is 29.1 Å². The molecule has 1 aromatic rings. The van der Waals surface area contributed by atoms with Crippen molar-refractivity contribution in [1.29, 1.82) is 0 Å². The molecule has 4 nitrogen and oxygen atoms in total. The number of thioether (sulfide) groups is 1. The van der Waals surface area contributed by atoms with Crippen LogP contribution in [0.4, 0.5) is 0 Å². The van der Waals surface area contributed by atoms with E-state index in [1.807, 2.05) is 14.0 Å². The minimum Gasteiger partial charge on any atom is -0.355 e. The normalized spacial score (nSPS) is 23.1. The summed E-state index contributed by atoms with van der Waals surface area (Å²) in [5, 5.41) is 7.95. The zero-order valence-corrected chi connectivity index (χ0v) is 14.4. The molecule has 1 unspecified atom stereocenters. The summed E-state index contributed by atoms with van der Waals surface area (Å²) in [6, 6.07) is 0. The maximum atomic E-state index is 4.45. The van der Waals surface area contributed by atoms with Crippen LogP contribution in [-0.4, -0.2) is 35.0 Å².